The summed E-state index contributed by atoms with van der Waals surface area (Å²) in [7, 11) is 0. The molecule has 1 atom stereocenters. The second-order valence-corrected chi connectivity index (χ2v) is 7.05. The second-order valence-electron chi connectivity index (χ2n) is 6.07. The maximum absolute atomic E-state index is 6.12. The van der Waals surface area contributed by atoms with Gasteiger partial charge in [0.15, 0.2) is 5.58 Å². The van der Waals surface area contributed by atoms with E-state index in [1.165, 1.54) is 21.2 Å². The molecule has 25 heavy (non-hydrogen) atoms. The van der Waals surface area contributed by atoms with E-state index < -0.39 is 0 Å². The van der Waals surface area contributed by atoms with Gasteiger partial charge < -0.3 is 4.42 Å². The Morgan fingerprint density at radius 3 is 2.48 bits per heavy atom. The van der Waals surface area contributed by atoms with Gasteiger partial charge in [0.05, 0.1) is 5.92 Å². The molecular weight excluding hydrogens is 326 g/mol. The van der Waals surface area contributed by atoms with Gasteiger partial charge in [-0.25, -0.2) is 4.98 Å². The molecule has 0 bridgehead atoms. The summed E-state index contributed by atoms with van der Waals surface area (Å²) in [6.07, 6.45) is 0. The molecule has 0 spiro atoms. The standard InChI is InChI=1S/C22H15NOS/c1-2-7-16-14-17(12-11-15(16)6-1)21(20-10-5-13-25-20)22-23-18-8-3-4-9-19(18)24-22/h1-14,21H. The van der Waals surface area contributed by atoms with Crippen molar-refractivity contribution in [2.75, 3.05) is 0 Å². The van der Waals surface area contributed by atoms with Crippen LogP contribution in [0.3, 0.4) is 0 Å². The number of thiophene rings is 1. The van der Waals surface area contributed by atoms with Gasteiger partial charge in [0, 0.05) is 4.88 Å². The Kier molecular flexibility index (Phi) is 3.39. The molecule has 5 rings (SSSR count). The van der Waals surface area contributed by atoms with Gasteiger partial charge in [0.2, 0.25) is 5.89 Å². The van der Waals surface area contributed by atoms with E-state index in [2.05, 4.69) is 60.0 Å². The fraction of sp³-hybridized carbons (Fsp3) is 0.0455. The molecule has 0 radical (unpaired) electrons. The maximum atomic E-state index is 6.12. The Morgan fingerprint density at radius 1 is 0.800 bits per heavy atom. The van der Waals surface area contributed by atoms with Crippen LogP contribution in [-0.2, 0) is 0 Å². The number of hydrogen-bond donors (Lipinski definition) is 0. The predicted molar refractivity (Wildman–Crippen MR) is 103 cm³/mol. The highest BCUT2D eigenvalue weighted by Gasteiger charge is 2.23. The molecular formula is C22H15NOS. The van der Waals surface area contributed by atoms with E-state index in [0.29, 0.717) is 0 Å². The molecule has 0 saturated heterocycles. The van der Waals surface area contributed by atoms with Crippen molar-refractivity contribution < 1.29 is 4.42 Å². The molecule has 1 unspecified atom stereocenters. The van der Waals surface area contributed by atoms with Gasteiger partial charge in [0.1, 0.15) is 5.52 Å². The summed E-state index contributed by atoms with van der Waals surface area (Å²) < 4.78 is 6.12. The van der Waals surface area contributed by atoms with Crippen LogP contribution in [0.4, 0.5) is 0 Å². The van der Waals surface area contributed by atoms with E-state index in [9.17, 15) is 0 Å². The minimum Gasteiger partial charge on any atom is -0.440 e. The van der Waals surface area contributed by atoms with Crippen LogP contribution in [0.15, 0.2) is 88.7 Å². The Balaban J connectivity index is 1.72. The summed E-state index contributed by atoms with van der Waals surface area (Å²) in [5, 5.41) is 4.58. The van der Waals surface area contributed by atoms with Gasteiger partial charge in [-0.2, -0.15) is 0 Å². The molecule has 0 N–H and O–H groups in total. The summed E-state index contributed by atoms with van der Waals surface area (Å²) in [5.74, 6) is 0.760. The van der Waals surface area contributed by atoms with Crippen molar-refractivity contribution in [1.29, 1.82) is 0 Å². The summed E-state index contributed by atoms with van der Waals surface area (Å²) in [4.78, 5) is 6.00. The largest absolute Gasteiger partial charge is 0.440 e. The Bertz CT molecular complexity index is 1120. The lowest BCUT2D eigenvalue weighted by Crippen LogP contribution is -2.01. The zero-order valence-corrected chi connectivity index (χ0v) is 14.2. The molecule has 3 heteroatoms. The highest BCUT2D eigenvalue weighted by molar-refractivity contribution is 7.10. The van der Waals surface area contributed by atoms with Gasteiger partial charge >= 0.3 is 0 Å². The number of hydrogen-bond acceptors (Lipinski definition) is 3. The predicted octanol–water partition coefficient (Wildman–Crippen LogP) is 6.22. The number of aromatic nitrogens is 1. The third-order valence-corrected chi connectivity index (χ3v) is 5.43. The van der Waals surface area contributed by atoms with Gasteiger partial charge in [-0.3, -0.25) is 0 Å². The highest BCUT2D eigenvalue weighted by Crippen LogP contribution is 2.36. The summed E-state index contributed by atoms with van der Waals surface area (Å²) in [6.45, 7) is 0. The first-order chi connectivity index (χ1) is 12.4. The van der Waals surface area contributed by atoms with E-state index in [-0.39, 0.29) is 5.92 Å². The van der Waals surface area contributed by atoms with E-state index in [1.807, 2.05) is 24.3 Å². The lowest BCUT2D eigenvalue weighted by molar-refractivity contribution is 0.524. The maximum Gasteiger partial charge on any atom is 0.208 e. The second kappa shape index (κ2) is 5.87. The first-order valence-electron chi connectivity index (χ1n) is 8.26. The average molecular weight is 341 g/mol. The molecule has 2 aromatic heterocycles. The van der Waals surface area contributed by atoms with Crippen molar-refractivity contribution in [1.82, 2.24) is 4.98 Å². The zero-order chi connectivity index (χ0) is 16.6. The van der Waals surface area contributed by atoms with Crippen LogP contribution in [0.2, 0.25) is 0 Å². The van der Waals surface area contributed by atoms with Crippen LogP contribution < -0.4 is 0 Å². The number of para-hydroxylation sites is 2. The van der Waals surface area contributed by atoms with Gasteiger partial charge in [-0.15, -0.1) is 11.3 Å². The number of fused-ring (bicyclic) bond motifs is 2. The average Bonchev–Trinajstić information content (AvgIpc) is 3.31. The van der Waals surface area contributed by atoms with E-state index in [0.717, 1.165) is 17.0 Å². The van der Waals surface area contributed by atoms with Gasteiger partial charge in [0.25, 0.3) is 0 Å². The molecule has 120 valence electrons. The Labute approximate surface area is 149 Å². The van der Waals surface area contributed by atoms with Crippen LogP contribution in [0, 0.1) is 0 Å². The van der Waals surface area contributed by atoms with Crippen molar-refractivity contribution >= 4 is 33.2 Å². The summed E-state index contributed by atoms with van der Waals surface area (Å²) in [6, 6.07) is 27.2. The monoisotopic (exact) mass is 341 g/mol. The van der Waals surface area contributed by atoms with Crippen LogP contribution in [0.5, 0.6) is 0 Å². The molecule has 0 aliphatic rings. The fourth-order valence-corrected chi connectivity index (χ4v) is 4.13. The molecule has 0 aliphatic carbocycles. The van der Waals surface area contributed by atoms with Crippen molar-refractivity contribution in [2.24, 2.45) is 0 Å². The van der Waals surface area contributed by atoms with Gasteiger partial charge in [-0.05, 0) is 46.0 Å². The van der Waals surface area contributed by atoms with E-state index in [1.54, 1.807) is 11.3 Å². The van der Waals surface area contributed by atoms with Crippen molar-refractivity contribution in [3.05, 3.63) is 101 Å². The number of benzene rings is 3. The van der Waals surface area contributed by atoms with E-state index >= 15 is 0 Å². The molecule has 0 amide bonds. The minimum absolute atomic E-state index is 0.0111. The van der Waals surface area contributed by atoms with Crippen LogP contribution in [0.1, 0.15) is 22.2 Å². The molecule has 3 aromatic carbocycles. The van der Waals surface area contributed by atoms with Crippen LogP contribution in [-0.4, -0.2) is 4.98 Å². The quantitative estimate of drug-likeness (QED) is 0.389. The molecule has 0 saturated carbocycles. The fourth-order valence-electron chi connectivity index (χ4n) is 3.28. The Morgan fingerprint density at radius 2 is 1.64 bits per heavy atom. The molecule has 2 nitrogen and oxygen atoms in total. The topological polar surface area (TPSA) is 26.0 Å². The number of oxazole rings is 1. The first-order valence-corrected chi connectivity index (χ1v) is 9.14. The normalized spacial score (nSPS) is 12.6. The highest BCUT2D eigenvalue weighted by atomic mass is 32.1. The lowest BCUT2D eigenvalue weighted by Gasteiger charge is -2.13. The third-order valence-electron chi connectivity index (χ3n) is 4.49. The smallest absolute Gasteiger partial charge is 0.208 e. The van der Waals surface area contributed by atoms with E-state index in [4.69, 9.17) is 9.40 Å². The summed E-state index contributed by atoms with van der Waals surface area (Å²) in [5.41, 5.74) is 2.94. The first kappa shape index (κ1) is 14.4. The number of nitrogens with zero attached hydrogens (tertiary/aromatic N) is 1. The summed E-state index contributed by atoms with van der Waals surface area (Å²) >= 11 is 1.74. The molecule has 2 heterocycles. The number of rotatable bonds is 3. The van der Waals surface area contributed by atoms with Gasteiger partial charge in [-0.1, -0.05) is 54.6 Å². The Hall–Kier alpha value is -2.91. The minimum atomic E-state index is 0.0111. The zero-order valence-electron chi connectivity index (χ0n) is 13.4. The molecule has 5 aromatic rings. The van der Waals surface area contributed by atoms with Crippen LogP contribution >= 0.6 is 11.3 Å². The molecule has 0 fully saturated rings. The molecule has 0 aliphatic heterocycles. The third kappa shape index (κ3) is 2.53. The lowest BCUT2D eigenvalue weighted by atomic mass is 9.95. The SMILES string of the molecule is c1csc(C(c2ccc3ccccc3c2)c2nc3ccccc3o2)c1. The van der Waals surface area contributed by atoms with Crippen LogP contribution in [0.25, 0.3) is 21.9 Å². The van der Waals surface area contributed by atoms with Crippen molar-refractivity contribution in [3.63, 3.8) is 0 Å². The van der Waals surface area contributed by atoms with Crippen molar-refractivity contribution in [2.45, 2.75) is 5.92 Å². The van der Waals surface area contributed by atoms with Crippen molar-refractivity contribution in [3.8, 4) is 0 Å².